The SMILES string of the molecule is CCCNc1cncc(N(C)CCS(C)(=O)=O)n1. The van der Waals surface area contributed by atoms with Crippen LogP contribution in [-0.2, 0) is 9.84 Å². The lowest BCUT2D eigenvalue weighted by Gasteiger charge is -2.17. The van der Waals surface area contributed by atoms with E-state index in [0.717, 1.165) is 13.0 Å². The Bertz CT molecular complexity index is 476. The van der Waals surface area contributed by atoms with Crippen molar-refractivity contribution in [3.63, 3.8) is 0 Å². The summed E-state index contributed by atoms with van der Waals surface area (Å²) in [6.45, 7) is 3.32. The Labute approximate surface area is 108 Å². The Balaban J connectivity index is 2.64. The zero-order valence-corrected chi connectivity index (χ0v) is 11.9. The van der Waals surface area contributed by atoms with Crippen molar-refractivity contribution in [2.45, 2.75) is 13.3 Å². The molecule has 0 bridgehead atoms. The molecule has 0 amide bonds. The quantitative estimate of drug-likeness (QED) is 0.790. The number of nitrogens with one attached hydrogen (secondary N) is 1. The second kappa shape index (κ2) is 6.53. The minimum atomic E-state index is -2.96. The molecule has 0 unspecified atom stereocenters. The first-order valence-corrected chi connectivity index (χ1v) is 7.93. The van der Waals surface area contributed by atoms with Gasteiger partial charge in [0.2, 0.25) is 0 Å². The number of anilines is 2. The highest BCUT2D eigenvalue weighted by atomic mass is 32.2. The zero-order valence-electron chi connectivity index (χ0n) is 11.0. The van der Waals surface area contributed by atoms with Crippen molar-refractivity contribution >= 4 is 21.5 Å². The van der Waals surface area contributed by atoms with Crippen LogP contribution in [0, 0.1) is 0 Å². The summed E-state index contributed by atoms with van der Waals surface area (Å²) in [4.78, 5) is 10.2. The lowest BCUT2D eigenvalue weighted by atomic mass is 10.4. The lowest BCUT2D eigenvalue weighted by Crippen LogP contribution is -2.26. The third-order valence-corrected chi connectivity index (χ3v) is 3.29. The van der Waals surface area contributed by atoms with Crippen LogP contribution < -0.4 is 10.2 Å². The van der Waals surface area contributed by atoms with Gasteiger partial charge in [-0.05, 0) is 6.42 Å². The molecule has 0 fully saturated rings. The van der Waals surface area contributed by atoms with Gasteiger partial charge in [-0.3, -0.25) is 4.98 Å². The minimum absolute atomic E-state index is 0.109. The molecule has 0 aromatic carbocycles. The van der Waals surface area contributed by atoms with Crippen molar-refractivity contribution in [3.05, 3.63) is 12.4 Å². The van der Waals surface area contributed by atoms with Crippen molar-refractivity contribution in [1.29, 1.82) is 0 Å². The van der Waals surface area contributed by atoms with Crippen LogP contribution in [0.2, 0.25) is 0 Å². The largest absolute Gasteiger partial charge is 0.369 e. The van der Waals surface area contributed by atoms with Crippen molar-refractivity contribution in [2.75, 3.05) is 42.4 Å². The van der Waals surface area contributed by atoms with Crippen molar-refractivity contribution in [3.8, 4) is 0 Å². The average Bonchev–Trinajstić information content (AvgIpc) is 2.33. The molecule has 0 radical (unpaired) electrons. The molecule has 6 nitrogen and oxygen atoms in total. The van der Waals surface area contributed by atoms with Crippen LogP contribution in [0.25, 0.3) is 0 Å². The number of sulfone groups is 1. The summed E-state index contributed by atoms with van der Waals surface area (Å²) >= 11 is 0. The monoisotopic (exact) mass is 272 g/mol. The topological polar surface area (TPSA) is 75.2 Å². The Hall–Kier alpha value is -1.37. The predicted octanol–water partition coefficient (Wildman–Crippen LogP) is 0.779. The fraction of sp³-hybridized carbons (Fsp3) is 0.636. The van der Waals surface area contributed by atoms with Crippen molar-refractivity contribution < 1.29 is 8.42 Å². The van der Waals surface area contributed by atoms with Gasteiger partial charge in [0.1, 0.15) is 21.5 Å². The molecule has 18 heavy (non-hydrogen) atoms. The summed E-state index contributed by atoms with van der Waals surface area (Å²) in [5, 5.41) is 3.14. The number of hydrogen-bond acceptors (Lipinski definition) is 6. The molecule has 0 aliphatic rings. The first kappa shape index (κ1) is 14.7. The van der Waals surface area contributed by atoms with E-state index in [1.807, 2.05) is 0 Å². The summed E-state index contributed by atoms with van der Waals surface area (Å²) in [6.07, 6.45) is 5.52. The van der Waals surface area contributed by atoms with Crippen molar-refractivity contribution in [1.82, 2.24) is 9.97 Å². The van der Waals surface area contributed by atoms with Gasteiger partial charge in [0, 0.05) is 26.4 Å². The molecule has 7 heteroatoms. The van der Waals surface area contributed by atoms with Crippen molar-refractivity contribution in [2.24, 2.45) is 0 Å². The van der Waals surface area contributed by atoms with Gasteiger partial charge < -0.3 is 10.2 Å². The molecule has 1 aromatic heterocycles. The maximum atomic E-state index is 11.1. The van der Waals surface area contributed by atoms with E-state index in [4.69, 9.17) is 0 Å². The van der Waals surface area contributed by atoms with E-state index in [2.05, 4.69) is 22.2 Å². The van der Waals surface area contributed by atoms with E-state index in [0.29, 0.717) is 18.2 Å². The Kier molecular flexibility index (Phi) is 5.33. The number of rotatable bonds is 7. The molecule has 1 heterocycles. The van der Waals surface area contributed by atoms with Gasteiger partial charge >= 0.3 is 0 Å². The van der Waals surface area contributed by atoms with E-state index >= 15 is 0 Å². The third-order valence-electron chi connectivity index (χ3n) is 2.37. The average molecular weight is 272 g/mol. The zero-order chi connectivity index (χ0) is 13.6. The van der Waals surface area contributed by atoms with Gasteiger partial charge in [0.05, 0.1) is 18.1 Å². The fourth-order valence-corrected chi connectivity index (χ4v) is 1.90. The number of nitrogens with zero attached hydrogens (tertiary/aromatic N) is 3. The van der Waals surface area contributed by atoms with Gasteiger partial charge in [0.15, 0.2) is 0 Å². The van der Waals surface area contributed by atoms with Gasteiger partial charge in [0.25, 0.3) is 0 Å². The molecule has 1 rings (SSSR count). The highest BCUT2D eigenvalue weighted by Gasteiger charge is 2.08. The van der Waals surface area contributed by atoms with E-state index in [9.17, 15) is 8.42 Å². The summed E-state index contributed by atoms with van der Waals surface area (Å²) in [7, 11) is -1.15. The standard InChI is InChI=1S/C11H20N4O2S/c1-4-5-13-10-8-12-9-11(14-10)15(2)6-7-18(3,16)17/h8-9H,4-7H2,1-3H3,(H,13,14). The molecular formula is C11H20N4O2S. The van der Waals surface area contributed by atoms with Crippen LogP contribution in [0.3, 0.4) is 0 Å². The van der Waals surface area contributed by atoms with E-state index in [1.54, 1.807) is 24.3 Å². The Morgan fingerprint density at radius 2 is 2.11 bits per heavy atom. The summed E-state index contributed by atoms with van der Waals surface area (Å²) < 4.78 is 22.2. The molecule has 0 aliphatic carbocycles. The second-order valence-electron chi connectivity index (χ2n) is 4.24. The van der Waals surface area contributed by atoms with Crippen LogP contribution in [-0.4, -0.2) is 50.5 Å². The molecule has 0 saturated carbocycles. The summed E-state index contributed by atoms with van der Waals surface area (Å²) in [6, 6.07) is 0. The lowest BCUT2D eigenvalue weighted by molar-refractivity contribution is 0.601. The molecular weight excluding hydrogens is 252 g/mol. The van der Waals surface area contributed by atoms with Gasteiger partial charge in [-0.2, -0.15) is 0 Å². The van der Waals surface area contributed by atoms with Crippen LogP contribution in [0.15, 0.2) is 12.4 Å². The maximum absolute atomic E-state index is 11.1. The van der Waals surface area contributed by atoms with E-state index in [-0.39, 0.29) is 5.75 Å². The van der Waals surface area contributed by atoms with E-state index in [1.165, 1.54) is 6.26 Å². The van der Waals surface area contributed by atoms with Crippen LogP contribution in [0.1, 0.15) is 13.3 Å². The maximum Gasteiger partial charge on any atom is 0.149 e. The molecule has 0 atom stereocenters. The Morgan fingerprint density at radius 3 is 2.72 bits per heavy atom. The van der Waals surface area contributed by atoms with Gasteiger partial charge in [-0.1, -0.05) is 6.92 Å². The highest BCUT2D eigenvalue weighted by molar-refractivity contribution is 7.90. The molecule has 102 valence electrons. The second-order valence-corrected chi connectivity index (χ2v) is 6.50. The van der Waals surface area contributed by atoms with Gasteiger partial charge in [-0.15, -0.1) is 0 Å². The number of hydrogen-bond donors (Lipinski definition) is 1. The molecule has 0 aliphatic heterocycles. The van der Waals surface area contributed by atoms with Crippen LogP contribution >= 0.6 is 0 Å². The van der Waals surface area contributed by atoms with Gasteiger partial charge in [-0.25, -0.2) is 13.4 Å². The fourth-order valence-electron chi connectivity index (χ4n) is 1.30. The normalized spacial score (nSPS) is 11.3. The third kappa shape index (κ3) is 5.31. The number of aromatic nitrogens is 2. The molecule has 0 saturated heterocycles. The molecule has 1 aromatic rings. The Morgan fingerprint density at radius 1 is 1.39 bits per heavy atom. The summed E-state index contributed by atoms with van der Waals surface area (Å²) in [5.41, 5.74) is 0. The first-order chi connectivity index (χ1) is 8.42. The van der Waals surface area contributed by atoms with Crippen LogP contribution in [0.5, 0.6) is 0 Å². The molecule has 0 spiro atoms. The molecule has 1 N–H and O–H groups in total. The minimum Gasteiger partial charge on any atom is -0.369 e. The highest BCUT2D eigenvalue weighted by Crippen LogP contribution is 2.10. The van der Waals surface area contributed by atoms with E-state index < -0.39 is 9.84 Å². The first-order valence-electron chi connectivity index (χ1n) is 5.87. The predicted molar refractivity (Wildman–Crippen MR) is 73.8 cm³/mol. The smallest absolute Gasteiger partial charge is 0.149 e. The van der Waals surface area contributed by atoms with Crippen LogP contribution in [0.4, 0.5) is 11.6 Å². The summed E-state index contributed by atoms with van der Waals surface area (Å²) in [5.74, 6) is 1.48.